The SMILES string of the molecule is Cc1ccccc1C=O.[Al]. The van der Waals surface area contributed by atoms with E-state index >= 15 is 0 Å². The van der Waals surface area contributed by atoms with Crippen LogP contribution in [-0.4, -0.2) is 23.6 Å². The summed E-state index contributed by atoms with van der Waals surface area (Å²) >= 11 is 0. The molecule has 0 amide bonds. The average molecular weight is 147 g/mol. The Morgan fingerprint density at radius 3 is 2.30 bits per heavy atom. The van der Waals surface area contributed by atoms with Crippen molar-refractivity contribution in [2.45, 2.75) is 6.92 Å². The van der Waals surface area contributed by atoms with Crippen LogP contribution in [0.5, 0.6) is 0 Å². The van der Waals surface area contributed by atoms with Gasteiger partial charge in [0, 0.05) is 22.9 Å². The summed E-state index contributed by atoms with van der Waals surface area (Å²) in [6, 6.07) is 7.51. The molecule has 0 heterocycles. The summed E-state index contributed by atoms with van der Waals surface area (Å²) in [7, 11) is 0. The largest absolute Gasteiger partial charge is 0.298 e. The van der Waals surface area contributed by atoms with Crippen LogP contribution in [0.25, 0.3) is 0 Å². The van der Waals surface area contributed by atoms with Gasteiger partial charge in [0.2, 0.25) is 0 Å². The first-order valence-corrected chi connectivity index (χ1v) is 2.85. The number of hydrogen-bond acceptors (Lipinski definition) is 1. The van der Waals surface area contributed by atoms with E-state index in [0.29, 0.717) is 0 Å². The lowest BCUT2D eigenvalue weighted by atomic mass is 10.1. The van der Waals surface area contributed by atoms with E-state index in [4.69, 9.17) is 0 Å². The molecule has 1 aromatic carbocycles. The number of rotatable bonds is 1. The highest BCUT2D eigenvalue weighted by atomic mass is 27.0. The minimum absolute atomic E-state index is 0. The molecule has 1 rings (SSSR count). The number of benzene rings is 1. The number of hydrogen-bond donors (Lipinski definition) is 0. The molecule has 10 heavy (non-hydrogen) atoms. The molecule has 1 nitrogen and oxygen atoms in total. The van der Waals surface area contributed by atoms with Gasteiger partial charge in [-0.05, 0) is 12.5 Å². The molecule has 0 aliphatic rings. The summed E-state index contributed by atoms with van der Waals surface area (Å²) in [6.45, 7) is 1.92. The Labute approximate surface area is 71.2 Å². The molecule has 0 spiro atoms. The van der Waals surface area contributed by atoms with Gasteiger partial charge in [-0.3, -0.25) is 4.79 Å². The van der Waals surface area contributed by atoms with Gasteiger partial charge < -0.3 is 0 Å². The maximum Gasteiger partial charge on any atom is 0.150 e. The normalized spacial score (nSPS) is 8.10. The van der Waals surface area contributed by atoms with Gasteiger partial charge in [-0.15, -0.1) is 0 Å². The first-order valence-electron chi connectivity index (χ1n) is 2.85. The highest BCUT2D eigenvalue weighted by molar-refractivity contribution is 5.76. The molecule has 0 aliphatic carbocycles. The van der Waals surface area contributed by atoms with Gasteiger partial charge in [-0.2, -0.15) is 0 Å². The molecule has 0 bridgehead atoms. The van der Waals surface area contributed by atoms with E-state index in [1.807, 2.05) is 31.2 Å². The van der Waals surface area contributed by atoms with Crippen molar-refractivity contribution in [2.24, 2.45) is 0 Å². The predicted octanol–water partition coefficient (Wildman–Crippen LogP) is 1.43. The van der Waals surface area contributed by atoms with Crippen molar-refractivity contribution in [3.05, 3.63) is 35.4 Å². The first kappa shape index (κ1) is 9.42. The molecule has 0 N–H and O–H groups in total. The Balaban J connectivity index is 0.000000810. The number of aldehydes is 1. The van der Waals surface area contributed by atoms with Crippen molar-refractivity contribution in [1.29, 1.82) is 0 Å². The van der Waals surface area contributed by atoms with Gasteiger partial charge in [0.05, 0.1) is 0 Å². The van der Waals surface area contributed by atoms with Crippen LogP contribution in [0.2, 0.25) is 0 Å². The molecule has 0 fully saturated rings. The van der Waals surface area contributed by atoms with Crippen LogP contribution < -0.4 is 0 Å². The molecule has 0 saturated heterocycles. The summed E-state index contributed by atoms with van der Waals surface area (Å²) in [5.74, 6) is 0. The highest BCUT2D eigenvalue weighted by Gasteiger charge is 1.90. The lowest BCUT2D eigenvalue weighted by Crippen LogP contribution is -1.82. The van der Waals surface area contributed by atoms with E-state index in [1.54, 1.807) is 0 Å². The minimum atomic E-state index is 0. The topological polar surface area (TPSA) is 17.1 Å². The smallest absolute Gasteiger partial charge is 0.150 e. The number of carbonyl (C=O) groups excluding carboxylic acids is 1. The third kappa shape index (κ3) is 1.98. The molecule has 49 valence electrons. The second kappa shape index (κ2) is 4.27. The van der Waals surface area contributed by atoms with E-state index in [1.165, 1.54) is 0 Å². The van der Waals surface area contributed by atoms with Crippen LogP contribution in [0, 0.1) is 6.92 Å². The summed E-state index contributed by atoms with van der Waals surface area (Å²) in [4.78, 5) is 10.2. The van der Waals surface area contributed by atoms with Crippen LogP contribution in [0.3, 0.4) is 0 Å². The van der Waals surface area contributed by atoms with Crippen molar-refractivity contribution in [3.8, 4) is 0 Å². The third-order valence-corrected chi connectivity index (χ3v) is 1.32. The molecule has 0 atom stereocenters. The van der Waals surface area contributed by atoms with Crippen LogP contribution >= 0.6 is 0 Å². The quantitative estimate of drug-likeness (QED) is 0.433. The van der Waals surface area contributed by atoms with E-state index in [9.17, 15) is 4.79 Å². The Morgan fingerprint density at radius 1 is 1.30 bits per heavy atom. The summed E-state index contributed by atoms with van der Waals surface area (Å²) in [6.07, 6.45) is 0.870. The molecule has 0 unspecified atom stereocenters. The molecular formula is C8H8AlO. The molecule has 0 saturated carbocycles. The lowest BCUT2D eigenvalue weighted by Gasteiger charge is -1.92. The van der Waals surface area contributed by atoms with Crippen molar-refractivity contribution in [1.82, 2.24) is 0 Å². The van der Waals surface area contributed by atoms with Crippen molar-refractivity contribution in [2.75, 3.05) is 0 Å². The first-order chi connectivity index (χ1) is 4.34. The average Bonchev–Trinajstić information content (AvgIpc) is 1.89. The van der Waals surface area contributed by atoms with E-state index in [-0.39, 0.29) is 17.4 Å². The fraction of sp³-hybridized carbons (Fsp3) is 0.125. The molecular weight excluding hydrogens is 139 g/mol. The summed E-state index contributed by atoms with van der Waals surface area (Å²) in [5, 5.41) is 0. The maximum absolute atomic E-state index is 10.2. The van der Waals surface area contributed by atoms with Gasteiger partial charge in [0.15, 0.2) is 0 Å². The second-order valence-corrected chi connectivity index (χ2v) is 1.97. The van der Waals surface area contributed by atoms with E-state index in [2.05, 4.69) is 0 Å². The zero-order valence-electron chi connectivity index (χ0n) is 5.87. The lowest BCUT2D eigenvalue weighted by molar-refractivity contribution is 0.112. The third-order valence-electron chi connectivity index (χ3n) is 1.32. The Kier molecular flexibility index (Phi) is 4.02. The van der Waals surface area contributed by atoms with Gasteiger partial charge in [0.25, 0.3) is 0 Å². The van der Waals surface area contributed by atoms with Crippen LogP contribution in [0.15, 0.2) is 24.3 Å². The fourth-order valence-electron chi connectivity index (χ4n) is 0.719. The molecule has 3 radical (unpaired) electrons. The maximum atomic E-state index is 10.2. The minimum Gasteiger partial charge on any atom is -0.298 e. The molecule has 1 aromatic rings. The highest BCUT2D eigenvalue weighted by Crippen LogP contribution is 2.02. The van der Waals surface area contributed by atoms with Gasteiger partial charge in [-0.1, -0.05) is 24.3 Å². The predicted molar refractivity (Wildman–Crippen MR) is 42.3 cm³/mol. The standard InChI is InChI=1S/C8H8O.Al/c1-7-4-2-3-5-8(7)6-9;/h2-6H,1H3;. The Morgan fingerprint density at radius 2 is 1.90 bits per heavy atom. The zero-order valence-corrected chi connectivity index (χ0v) is 7.03. The van der Waals surface area contributed by atoms with Gasteiger partial charge >= 0.3 is 0 Å². The molecule has 0 aromatic heterocycles. The molecule has 2 heteroatoms. The Hall–Kier alpha value is -0.578. The number of aryl methyl sites for hydroxylation is 1. The van der Waals surface area contributed by atoms with Crippen molar-refractivity contribution < 1.29 is 4.79 Å². The van der Waals surface area contributed by atoms with Crippen LogP contribution in [0.4, 0.5) is 0 Å². The number of carbonyl (C=O) groups is 1. The van der Waals surface area contributed by atoms with Crippen LogP contribution in [0.1, 0.15) is 15.9 Å². The fourth-order valence-corrected chi connectivity index (χ4v) is 0.719. The Bertz CT molecular complexity index is 220. The monoisotopic (exact) mass is 147 g/mol. The van der Waals surface area contributed by atoms with Crippen molar-refractivity contribution >= 4 is 23.6 Å². The summed E-state index contributed by atoms with van der Waals surface area (Å²) < 4.78 is 0. The van der Waals surface area contributed by atoms with Gasteiger partial charge in [-0.25, -0.2) is 0 Å². The zero-order chi connectivity index (χ0) is 6.69. The van der Waals surface area contributed by atoms with Crippen LogP contribution in [-0.2, 0) is 0 Å². The second-order valence-electron chi connectivity index (χ2n) is 1.97. The summed E-state index contributed by atoms with van der Waals surface area (Å²) in [5.41, 5.74) is 1.81. The van der Waals surface area contributed by atoms with E-state index in [0.717, 1.165) is 17.4 Å². The molecule has 0 aliphatic heterocycles. The van der Waals surface area contributed by atoms with Gasteiger partial charge in [0.1, 0.15) is 6.29 Å². The van der Waals surface area contributed by atoms with E-state index < -0.39 is 0 Å². The van der Waals surface area contributed by atoms with Crippen molar-refractivity contribution in [3.63, 3.8) is 0 Å².